The van der Waals surface area contributed by atoms with Gasteiger partial charge in [-0.1, -0.05) is 42.5 Å². The quantitative estimate of drug-likeness (QED) is 0.697. The molecule has 0 aliphatic heterocycles. The molecule has 2 heteroatoms. The zero-order valence-corrected chi connectivity index (χ0v) is 11.8. The zero-order chi connectivity index (χ0) is 14.7. The zero-order valence-electron chi connectivity index (χ0n) is 11.8. The van der Waals surface area contributed by atoms with Gasteiger partial charge < -0.3 is 4.42 Å². The van der Waals surface area contributed by atoms with E-state index in [4.69, 9.17) is 9.68 Å². The van der Waals surface area contributed by atoms with Crippen LogP contribution in [-0.2, 0) is 0 Å². The van der Waals surface area contributed by atoms with Crippen molar-refractivity contribution in [2.45, 2.75) is 12.8 Å². The maximum Gasteiger partial charge on any atom is 0.0991 e. The van der Waals surface area contributed by atoms with Crippen LogP contribution in [0.2, 0.25) is 0 Å². The predicted octanol–water partition coefficient (Wildman–Crippen LogP) is 4.64. The van der Waals surface area contributed by atoms with Crippen molar-refractivity contribution in [2.24, 2.45) is 0 Å². The third kappa shape index (κ3) is 2.59. The first-order valence-corrected chi connectivity index (χ1v) is 6.87. The van der Waals surface area contributed by atoms with Crippen molar-refractivity contribution >= 4 is 0 Å². The molecule has 1 atom stereocenters. The second kappa shape index (κ2) is 5.68. The second-order valence-electron chi connectivity index (χ2n) is 5.09. The molecule has 1 aromatic heterocycles. The van der Waals surface area contributed by atoms with Gasteiger partial charge in [0.15, 0.2) is 0 Å². The second-order valence-corrected chi connectivity index (χ2v) is 5.09. The molecule has 3 aromatic rings. The van der Waals surface area contributed by atoms with Crippen LogP contribution < -0.4 is 0 Å². The van der Waals surface area contributed by atoms with Gasteiger partial charge in [-0.2, -0.15) is 5.26 Å². The summed E-state index contributed by atoms with van der Waals surface area (Å²) in [5.41, 5.74) is 5.34. The third-order valence-corrected chi connectivity index (χ3v) is 3.71. The number of rotatable bonds is 3. The summed E-state index contributed by atoms with van der Waals surface area (Å²) in [6.45, 7) is 2.05. The maximum atomic E-state index is 8.95. The molecule has 1 heterocycles. The molecular formula is C19H15NO. The highest BCUT2D eigenvalue weighted by Crippen LogP contribution is 2.34. The normalized spacial score (nSPS) is 11.8. The molecule has 102 valence electrons. The van der Waals surface area contributed by atoms with E-state index in [9.17, 15) is 0 Å². The Morgan fingerprint density at radius 3 is 2.14 bits per heavy atom. The van der Waals surface area contributed by atoms with E-state index in [1.54, 1.807) is 6.26 Å². The van der Waals surface area contributed by atoms with Crippen LogP contribution in [0.4, 0.5) is 0 Å². The monoisotopic (exact) mass is 273 g/mol. The molecule has 2 aromatic carbocycles. The summed E-state index contributed by atoms with van der Waals surface area (Å²) < 4.78 is 5.36. The van der Waals surface area contributed by atoms with Gasteiger partial charge in [-0.3, -0.25) is 0 Å². The van der Waals surface area contributed by atoms with Gasteiger partial charge in [0.1, 0.15) is 0 Å². The SMILES string of the molecule is Cc1cocc1C(c1ccccc1)c1ccc(C#N)cc1. The number of hydrogen-bond donors (Lipinski definition) is 0. The van der Waals surface area contributed by atoms with Crippen LogP contribution in [0.1, 0.15) is 33.7 Å². The van der Waals surface area contributed by atoms with Crippen LogP contribution in [0.5, 0.6) is 0 Å². The highest BCUT2D eigenvalue weighted by Gasteiger charge is 2.19. The first-order chi connectivity index (χ1) is 10.3. The fraction of sp³-hybridized carbons (Fsp3) is 0.105. The van der Waals surface area contributed by atoms with Crippen molar-refractivity contribution < 1.29 is 4.42 Å². The van der Waals surface area contributed by atoms with Gasteiger partial charge in [-0.15, -0.1) is 0 Å². The van der Waals surface area contributed by atoms with E-state index in [0.29, 0.717) is 5.56 Å². The Labute approximate surface area is 124 Å². The lowest BCUT2D eigenvalue weighted by molar-refractivity contribution is 0.562. The Morgan fingerprint density at radius 2 is 1.57 bits per heavy atom. The van der Waals surface area contributed by atoms with Gasteiger partial charge in [-0.25, -0.2) is 0 Å². The molecule has 21 heavy (non-hydrogen) atoms. The highest BCUT2D eigenvalue weighted by molar-refractivity contribution is 5.46. The summed E-state index contributed by atoms with van der Waals surface area (Å²) in [4.78, 5) is 0. The molecule has 0 saturated heterocycles. The minimum absolute atomic E-state index is 0.123. The molecule has 3 rings (SSSR count). The van der Waals surface area contributed by atoms with E-state index in [1.165, 1.54) is 5.56 Å². The number of hydrogen-bond acceptors (Lipinski definition) is 2. The van der Waals surface area contributed by atoms with Crippen LogP contribution in [0.25, 0.3) is 0 Å². The van der Waals surface area contributed by atoms with Crippen LogP contribution in [0.15, 0.2) is 71.5 Å². The van der Waals surface area contributed by atoms with Crippen LogP contribution >= 0.6 is 0 Å². The van der Waals surface area contributed by atoms with Crippen molar-refractivity contribution in [2.75, 3.05) is 0 Å². The molecule has 0 aliphatic carbocycles. The lowest BCUT2D eigenvalue weighted by Crippen LogP contribution is -2.03. The molecule has 0 aliphatic rings. The highest BCUT2D eigenvalue weighted by atomic mass is 16.3. The van der Waals surface area contributed by atoms with Gasteiger partial charge in [0.25, 0.3) is 0 Å². The van der Waals surface area contributed by atoms with E-state index in [-0.39, 0.29) is 5.92 Å². The van der Waals surface area contributed by atoms with Crippen LogP contribution in [0, 0.1) is 18.3 Å². The third-order valence-electron chi connectivity index (χ3n) is 3.71. The van der Waals surface area contributed by atoms with E-state index in [2.05, 4.69) is 25.1 Å². The van der Waals surface area contributed by atoms with Crippen molar-refractivity contribution in [3.8, 4) is 6.07 Å². The lowest BCUT2D eigenvalue weighted by Gasteiger charge is -2.18. The van der Waals surface area contributed by atoms with E-state index >= 15 is 0 Å². The summed E-state index contributed by atoms with van der Waals surface area (Å²) in [6.07, 6.45) is 3.58. The summed E-state index contributed by atoms with van der Waals surface area (Å²) in [5.74, 6) is 0.123. The maximum absolute atomic E-state index is 8.95. The standard InChI is InChI=1S/C19H15NO/c1-14-12-21-13-18(14)19(16-5-3-2-4-6-16)17-9-7-15(11-20)8-10-17/h2-10,12-13,19H,1H3. The topological polar surface area (TPSA) is 36.9 Å². The fourth-order valence-electron chi connectivity index (χ4n) is 2.61. The largest absolute Gasteiger partial charge is 0.472 e. The van der Waals surface area contributed by atoms with Gasteiger partial charge in [0, 0.05) is 11.5 Å². The number of nitrogens with zero attached hydrogens (tertiary/aromatic N) is 1. The molecule has 0 N–H and O–H groups in total. The fourth-order valence-corrected chi connectivity index (χ4v) is 2.61. The molecule has 0 saturated carbocycles. The van der Waals surface area contributed by atoms with Gasteiger partial charge in [-0.05, 0) is 35.7 Å². The van der Waals surface area contributed by atoms with Crippen LogP contribution in [-0.4, -0.2) is 0 Å². The van der Waals surface area contributed by atoms with E-state index in [1.807, 2.05) is 48.7 Å². The van der Waals surface area contributed by atoms with Gasteiger partial charge >= 0.3 is 0 Å². The van der Waals surface area contributed by atoms with Crippen molar-refractivity contribution in [1.29, 1.82) is 5.26 Å². The molecule has 2 nitrogen and oxygen atoms in total. The average molecular weight is 273 g/mol. The molecule has 0 spiro atoms. The predicted molar refractivity (Wildman–Crippen MR) is 82.0 cm³/mol. The smallest absolute Gasteiger partial charge is 0.0991 e. The molecule has 0 radical (unpaired) electrons. The van der Waals surface area contributed by atoms with Crippen molar-refractivity contribution in [3.05, 3.63) is 94.9 Å². The minimum atomic E-state index is 0.123. The molecule has 0 bridgehead atoms. The number of aryl methyl sites for hydroxylation is 1. The lowest BCUT2D eigenvalue weighted by atomic mass is 9.85. The first-order valence-electron chi connectivity index (χ1n) is 6.87. The van der Waals surface area contributed by atoms with E-state index in [0.717, 1.165) is 16.7 Å². The van der Waals surface area contributed by atoms with Crippen molar-refractivity contribution in [3.63, 3.8) is 0 Å². The Hall–Kier alpha value is -2.79. The number of furan rings is 1. The van der Waals surface area contributed by atoms with E-state index < -0.39 is 0 Å². The summed E-state index contributed by atoms with van der Waals surface area (Å²) in [7, 11) is 0. The first kappa shape index (κ1) is 13.2. The van der Waals surface area contributed by atoms with Crippen LogP contribution in [0.3, 0.4) is 0 Å². The molecule has 0 amide bonds. The molecule has 1 unspecified atom stereocenters. The molecular weight excluding hydrogens is 258 g/mol. The Kier molecular flexibility index (Phi) is 3.57. The Balaban J connectivity index is 2.12. The summed E-state index contributed by atoms with van der Waals surface area (Å²) >= 11 is 0. The summed E-state index contributed by atoms with van der Waals surface area (Å²) in [5, 5.41) is 8.95. The number of nitriles is 1. The Bertz CT molecular complexity index is 763. The molecule has 0 fully saturated rings. The van der Waals surface area contributed by atoms with Gasteiger partial charge in [0.05, 0.1) is 24.2 Å². The summed E-state index contributed by atoms with van der Waals surface area (Å²) in [6, 6.07) is 20.3. The minimum Gasteiger partial charge on any atom is -0.472 e. The van der Waals surface area contributed by atoms with Gasteiger partial charge in [0.2, 0.25) is 0 Å². The number of benzene rings is 2. The van der Waals surface area contributed by atoms with Crippen molar-refractivity contribution in [1.82, 2.24) is 0 Å². The Morgan fingerprint density at radius 1 is 0.905 bits per heavy atom. The average Bonchev–Trinajstić information content (AvgIpc) is 2.95.